The summed E-state index contributed by atoms with van der Waals surface area (Å²) in [4.78, 5) is 36.7. The topological polar surface area (TPSA) is 95.2 Å². The smallest absolute Gasteiger partial charge is 0.145 e. The van der Waals surface area contributed by atoms with Crippen molar-refractivity contribution in [3.8, 4) is 84.4 Å². The summed E-state index contributed by atoms with van der Waals surface area (Å²) in [5.41, 5.74) is 18.1. The van der Waals surface area contributed by atoms with E-state index < -0.39 is 0 Å². The zero-order valence-electron chi connectivity index (χ0n) is 43.5. The fourth-order valence-corrected chi connectivity index (χ4v) is 12.0. The fraction of sp³-hybridized carbons (Fsp3) is 0. The number of hydrogen-bond donors (Lipinski definition) is 0. The predicted octanol–water partition coefficient (Wildman–Crippen LogP) is 18.0. The van der Waals surface area contributed by atoms with Crippen molar-refractivity contribution in [2.24, 2.45) is 0 Å². The standard InChI is InChI=1S/C73H44N8/c1-2-24-54(25-3-1)81-72-58-29-7-5-27-56(58)55-26-4-6-28-57(55)71(72)80-73(81)53-39-49(51-41-63(59-30-8-16-45-20-12-34-74-67(45)59)78-64(42-51)60-31-9-17-46-21-13-35-75-68(46)60)38-50(40-53)52-43-65(61-32-10-18-47-22-14-36-76-69(47)61)79-66(44-52)62-33-11-19-48-23-15-37-77-70(48)62/h1-44H. The molecule has 9 aromatic carbocycles. The lowest BCUT2D eigenvalue weighted by Gasteiger charge is -2.17. The van der Waals surface area contributed by atoms with Gasteiger partial charge in [0.1, 0.15) is 5.82 Å². The number of benzene rings is 9. The Morgan fingerprint density at radius 2 is 0.593 bits per heavy atom. The molecule has 16 rings (SSSR count). The van der Waals surface area contributed by atoms with Crippen LogP contribution < -0.4 is 0 Å². The molecule has 7 heterocycles. The maximum atomic E-state index is 5.81. The average molecular weight is 1030 g/mol. The molecule has 0 amide bonds. The van der Waals surface area contributed by atoms with Crippen LogP contribution in [-0.2, 0) is 0 Å². The molecule has 0 aliphatic heterocycles. The number of nitrogens with zero attached hydrogens (tertiary/aromatic N) is 8. The van der Waals surface area contributed by atoms with Crippen LogP contribution in [0.3, 0.4) is 0 Å². The van der Waals surface area contributed by atoms with E-state index in [9.17, 15) is 0 Å². The van der Waals surface area contributed by atoms with Gasteiger partial charge in [0.15, 0.2) is 0 Å². The van der Waals surface area contributed by atoms with Crippen molar-refractivity contribution in [1.82, 2.24) is 39.5 Å². The van der Waals surface area contributed by atoms with E-state index in [0.717, 1.165) is 155 Å². The highest BCUT2D eigenvalue weighted by Crippen LogP contribution is 2.44. The van der Waals surface area contributed by atoms with Crippen LogP contribution in [0.4, 0.5) is 0 Å². The van der Waals surface area contributed by atoms with Gasteiger partial charge in [0.2, 0.25) is 0 Å². The molecule has 81 heavy (non-hydrogen) atoms. The van der Waals surface area contributed by atoms with Crippen molar-refractivity contribution in [3.63, 3.8) is 0 Å². The van der Waals surface area contributed by atoms with Crippen molar-refractivity contribution < 1.29 is 0 Å². The normalized spacial score (nSPS) is 11.7. The van der Waals surface area contributed by atoms with Crippen LogP contribution in [0.1, 0.15) is 0 Å². The molecule has 0 saturated heterocycles. The number of para-hydroxylation sites is 5. The minimum atomic E-state index is 0.793. The Balaban J connectivity index is 1.03. The van der Waals surface area contributed by atoms with Gasteiger partial charge in [-0.25, -0.2) is 15.0 Å². The first kappa shape index (κ1) is 46.0. The third kappa shape index (κ3) is 7.80. The highest BCUT2D eigenvalue weighted by molar-refractivity contribution is 6.24. The highest BCUT2D eigenvalue weighted by atomic mass is 15.1. The number of aromatic nitrogens is 8. The molecule has 7 aromatic heterocycles. The van der Waals surface area contributed by atoms with Crippen molar-refractivity contribution >= 4 is 76.2 Å². The van der Waals surface area contributed by atoms with Gasteiger partial charge in [-0.3, -0.25) is 24.5 Å². The van der Waals surface area contributed by atoms with Gasteiger partial charge in [0, 0.05) is 90.6 Å². The molecule has 8 nitrogen and oxygen atoms in total. The van der Waals surface area contributed by atoms with Crippen LogP contribution in [0.2, 0.25) is 0 Å². The van der Waals surface area contributed by atoms with Crippen LogP contribution in [0.5, 0.6) is 0 Å². The molecule has 0 spiro atoms. The molecule has 0 N–H and O–H groups in total. The molecule has 0 fully saturated rings. The van der Waals surface area contributed by atoms with Gasteiger partial charge in [-0.2, -0.15) is 0 Å². The molecule has 0 atom stereocenters. The first-order valence-electron chi connectivity index (χ1n) is 27.1. The van der Waals surface area contributed by atoms with Crippen LogP contribution >= 0.6 is 0 Å². The summed E-state index contributed by atoms with van der Waals surface area (Å²) >= 11 is 0. The van der Waals surface area contributed by atoms with Gasteiger partial charge < -0.3 is 0 Å². The summed E-state index contributed by atoms with van der Waals surface area (Å²) in [6.07, 6.45) is 7.41. The van der Waals surface area contributed by atoms with Crippen LogP contribution in [0.15, 0.2) is 267 Å². The minimum absolute atomic E-state index is 0.793. The molecule has 0 saturated carbocycles. The lowest BCUT2D eigenvalue weighted by atomic mass is 9.92. The number of rotatable bonds is 8. The third-order valence-corrected chi connectivity index (χ3v) is 15.7. The van der Waals surface area contributed by atoms with E-state index in [4.69, 9.17) is 34.9 Å². The summed E-state index contributed by atoms with van der Waals surface area (Å²) in [6.45, 7) is 0. The second kappa shape index (κ2) is 18.8. The van der Waals surface area contributed by atoms with E-state index in [1.165, 1.54) is 5.39 Å². The van der Waals surface area contributed by atoms with Crippen LogP contribution in [0, 0.1) is 0 Å². The molecule has 0 unspecified atom stereocenters. The number of fused-ring (bicyclic) bond motifs is 10. The molecular weight excluding hydrogens is 989 g/mol. The van der Waals surface area contributed by atoms with Gasteiger partial charge in [-0.05, 0) is 112 Å². The Hall–Kier alpha value is -11.1. The summed E-state index contributed by atoms with van der Waals surface area (Å²) < 4.78 is 2.35. The van der Waals surface area contributed by atoms with E-state index in [0.29, 0.717) is 0 Å². The van der Waals surface area contributed by atoms with Crippen molar-refractivity contribution in [2.45, 2.75) is 0 Å². The molecule has 0 aliphatic carbocycles. The van der Waals surface area contributed by atoms with Crippen molar-refractivity contribution in [1.29, 1.82) is 0 Å². The van der Waals surface area contributed by atoms with E-state index in [1.807, 2.05) is 49.1 Å². The minimum Gasteiger partial charge on any atom is -0.292 e. The molecule has 16 aromatic rings. The molecule has 0 radical (unpaired) electrons. The Kier molecular flexibility index (Phi) is 10.7. The Bertz CT molecular complexity index is 4760. The molecule has 0 bridgehead atoms. The second-order valence-electron chi connectivity index (χ2n) is 20.5. The average Bonchev–Trinajstić information content (AvgIpc) is 4.15. The molecule has 0 aliphatic rings. The van der Waals surface area contributed by atoms with E-state index in [-0.39, 0.29) is 0 Å². The monoisotopic (exact) mass is 1030 g/mol. The van der Waals surface area contributed by atoms with Gasteiger partial charge in [0.25, 0.3) is 0 Å². The zero-order chi connectivity index (χ0) is 53.4. The Labute approximate surface area is 465 Å². The van der Waals surface area contributed by atoms with Gasteiger partial charge in [-0.1, -0.05) is 164 Å². The predicted molar refractivity (Wildman–Crippen MR) is 331 cm³/mol. The molecular formula is C73H44N8. The van der Waals surface area contributed by atoms with E-state index >= 15 is 0 Å². The molecule has 376 valence electrons. The van der Waals surface area contributed by atoms with Gasteiger partial charge >= 0.3 is 0 Å². The van der Waals surface area contributed by atoms with Gasteiger partial charge in [-0.15, -0.1) is 0 Å². The Morgan fingerprint density at radius 3 is 1.02 bits per heavy atom. The Morgan fingerprint density at radius 1 is 0.247 bits per heavy atom. The summed E-state index contributed by atoms with van der Waals surface area (Å²) in [5.74, 6) is 0.804. The largest absolute Gasteiger partial charge is 0.292 e. The second-order valence-corrected chi connectivity index (χ2v) is 20.5. The highest BCUT2D eigenvalue weighted by Gasteiger charge is 2.24. The van der Waals surface area contributed by atoms with Crippen molar-refractivity contribution in [2.75, 3.05) is 0 Å². The van der Waals surface area contributed by atoms with E-state index in [2.05, 4.69) is 223 Å². The van der Waals surface area contributed by atoms with Crippen molar-refractivity contribution in [3.05, 3.63) is 267 Å². The third-order valence-electron chi connectivity index (χ3n) is 15.7. The lowest BCUT2D eigenvalue weighted by Crippen LogP contribution is -1.99. The number of pyridine rings is 6. The maximum absolute atomic E-state index is 5.81. The number of imidazole rings is 1. The number of hydrogen-bond acceptors (Lipinski definition) is 7. The quantitative estimate of drug-likeness (QED) is 0.140. The zero-order valence-corrected chi connectivity index (χ0v) is 43.5. The summed E-state index contributed by atoms with van der Waals surface area (Å²) in [6, 6.07) is 85.3. The lowest BCUT2D eigenvalue weighted by molar-refractivity contribution is 1.11. The van der Waals surface area contributed by atoms with E-state index in [1.54, 1.807) is 0 Å². The maximum Gasteiger partial charge on any atom is 0.145 e. The first-order valence-corrected chi connectivity index (χ1v) is 27.1. The summed E-state index contributed by atoms with van der Waals surface area (Å²) in [7, 11) is 0. The van der Waals surface area contributed by atoms with Gasteiger partial charge in [0.05, 0.1) is 55.9 Å². The fourth-order valence-electron chi connectivity index (χ4n) is 12.0. The summed E-state index contributed by atoms with van der Waals surface area (Å²) in [5, 5.41) is 8.67. The van der Waals surface area contributed by atoms with Crippen LogP contribution in [-0.4, -0.2) is 39.5 Å². The SMILES string of the molecule is c1ccc(-n2c(-c3cc(-c4cc(-c5cccc6cccnc56)nc(-c5cccc6cccnc56)c4)cc(-c4cc(-c5cccc6cccnc56)nc(-c5cccc6cccnc56)c4)c3)nc3c4ccccc4c4ccccc4c32)cc1. The van der Waals surface area contributed by atoms with Crippen LogP contribution in [0.25, 0.3) is 161 Å². The first-order chi connectivity index (χ1) is 40.1. The molecule has 8 heteroatoms.